The number of sulfonamides is 1. The van der Waals surface area contributed by atoms with Crippen LogP contribution in [0.15, 0.2) is 59.5 Å². The van der Waals surface area contributed by atoms with E-state index in [1.807, 2.05) is 30.3 Å². The van der Waals surface area contributed by atoms with Gasteiger partial charge in [0.1, 0.15) is 6.04 Å². The number of nitrogens with one attached hydrogen (secondary N) is 1. The number of aliphatic carboxylic acids is 1. The van der Waals surface area contributed by atoms with E-state index in [0.717, 1.165) is 5.56 Å². The molecule has 9 nitrogen and oxygen atoms in total. The molecule has 3 unspecified atom stereocenters. The molecule has 0 aromatic heterocycles. The van der Waals surface area contributed by atoms with Crippen LogP contribution in [0.5, 0.6) is 0 Å². The third-order valence-electron chi connectivity index (χ3n) is 5.54. The number of rotatable bonds is 8. The van der Waals surface area contributed by atoms with Gasteiger partial charge < -0.3 is 15.3 Å². The third-order valence-corrected chi connectivity index (χ3v) is 6.89. The molecule has 33 heavy (non-hydrogen) atoms. The van der Waals surface area contributed by atoms with Gasteiger partial charge >= 0.3 is 5.97 Å². The molecule has 11 heteroatoms. The van der Waals surface area contributed by atoms with Crippen molar-refractivity contribution in [2.45, 2.75) is 41.5 Å². The Balaban J connectivity index is 1.62. The molecule has 4 N–H and O–H groups in total. The fourth-order valence-corrected chi connectivity index (χ4v) is 4.72. The minimum absolute atomic E-state index is 0.0384. The van der Waals surface area contributed by atoms with Crippen molar-refractivity contribution in [3.05, 3.63) is 65.7 Å². The van der Waals surface area contributed by atoms with Crippen molar-refractivity contribution in [1.29, 1.82) is 0 Å². The molecular formula is C22H25N3O6S2. The number of amides is 2. The summed E-state index contributed by atoms with van der Waals surface area (Å²) in [6, 6.07) is 13.6. The van der Waals surface area contributed by atoms with Crippen molar-refractivity contribution < 1.29 is 27.9 Å². The van der Waals surface area contributed by atoms with E-state index in [0.29, 0.717) is 18.4 Å². The second kappa shape index (κ2) is 10.4. The van der Waals surface area contributed by atoms with Gasteiger partial charge in [-0.05, 0) is 42.5 Å². The van der Waals surface area contributed by atoms with Crippen LogP contribution in [0.4, 0.5) is 0 Å². The molecule has 1 saturated heterocycles. The first-order valence-corrected chi connectivity index (χ1v) is 12.3. The number of carboxylic acid groups (broad SMARTS) is 1. The Hall–Kier alpha value is -2.89. The van der Waals surface area contributed by atoms with Gasteiger partial charge in [0, 0.05) is 0 Å². The molecule has 1 fully saturated rings. The predicted molar refractivity (Wildman–Crippen MR) is 124 cm³/mol. The SMILES string of the molecule is NS(=O)(=O)c1ccc(CC(S)C(=O)NCC(=O)N2C(C(=O)O)CCC2c2ccccc2)cc1. The molecule has 176 valence electrons. The lowest BCUT2D eigenvalue weighted by Gasteiger charge is -2.29. The maximum absolute atomic E-state index is 12.9. The van der Waals surface area contributed by atoms with Gasteiger partial charge in [-0.25, -0.2) is 18.4 Å². The van der Waals surface area contributed by atoms with Crippen molar-refractivity contribution in [2.75, 3.05) is 6.54 Å². The largest absolute Gasteiger partial charge is 0.480 e. The number of hydrogen-bond acceptors (Lipinski definition) is 6. The summed E-state index contributed by atoms with van der Waals surface area (Å²) in [7, 11) is -3.81. The van der Waals surface area contributed by atoms with Crippen LogP contribution in [0, 0.1) is 0 Å². The summed E-state index contributed by atoms with van der Waals surface area (Å²) in [5.74, 6) is -2.06. The van der Waals surface area contributed by atoms with Gasteiger partial charge in [-0.3, -0.25) is 9.59 Å². The van der Waals surface area contributed by atoms with Crippen molar-refractivity contribution in [2.24, 2.45) is 5.14 Å². The molecule has 2 aromatic rings. The van der Waals surface area contributed by atoms with Crippen LogP contribution in [0.3, 0.4) is 0 Å². The average molecular weight is 492 g/mol. The summed E-state index contributed by atoms with van der Waals surface area (Å²) >= 11 is 4.28. The Labute approximate surface area is 197 Å². The quantitative estimate of drug-likeness (QED) is 0.407. The van der Waals surface area contributed by atoms with Crippen LogP contribution in [0.1, 0.15) is 30.0 Å². The van der Waals surface area contributed by atoms with Gasteiger partial charge in [0.15, 0.2) is 0 Å². The highest BCUT2D eigenvalue weighted by Crippen LogP contribution is 2.36. The van der Waals surface area contributed by atoms with E-state index < -0.39 is 39.1 Å². The number of carboxylic acids is 1. The number of carbonyl (C=O) groups is 3. The number of benzene rings is 2. The van der Waals surface area contributed by atoms with Crippen molar-refractivity contribution in [1.82, 2.24) is 10.2 Å². The molecule has 2 aromatic carbocycles. The van der Waals surface area contributed by atoms with Crippen LogP contribution in [-0.2, 0) is 30.8 Å². The zero-order valence-electron chi connectivity index (χ0n) is 17.6. The normalized spacial score (nSPS) is 19.2. The molecular weight excluding hydrogens is 466 g/mol. The fraction of sp³-hybridized carbons (Fsp3) is 0.318. The van der Waals surface area contributed by atoms with E-state index in [1.54, 1.807) is 0 Å². The zero-order chi connectivity index (χ0) is 24.2. The summed E-state index contributed by atoms with van der Waals surface area (Å²) in [6.45, 7) is -0.354. The Kier molecular flexibility index (Phi) is 7.77. The van der Waals surface area contributed by atoms with Crippen LogP contribution in [0.2, 0.25) is 0 Å². The van der Waals surface area contributed by atoms with Gasteiger partial charge in [0.25, 0.3) is 0 Å². The highest BCUT2D eigenvalue weighted by atomic mass is 32.2. The first-order chi connectivity index (χ1) is 15.6. The second-order valence-electron chi connectivity index (χ2n) is 7.79. The lowest BCUT2D eigenvalue weighted by molar-refractivity contribution is -0.149. The van der Waals surface area contributed by atoms with E-state index in [1.165, 1.54) is 29.2 Å². The molecule has 3 atom stereocenters. The first-order valence-electron chi connectivity index (χ1n) is 10.2. The van der Waals surface area contributed by atoms with Gasteiger partial charge in [-0.1, -0.05) is 42.5 Å². The minimum Gasteiger partial charge on any atom is -0.480 e. The van der Waals surface area contributed by atoms with E-state index in [4.69, 9.17) is 5.14 Å². The number of nitrogens with two attached hydrogens (primary N) is 1. The highest BCUT2D eigenvalue weighted by Gasteiger charge is 2.41. The molecule has 0 radical (unpaired) electrons. The smallest absolute Gasteiger partial charge is 0.326 e. The Morgan fingerprint density at radius 1 is 1.09 bits per heavy atom. The summed E-state index contributed by atoms with van der Waals surface area (Å²) in [4.78, 5) is 38.4. The third kappa shape index (κ3) is 6.12. The van der Waals surface area contributed by atoms with Crippen molar-refractivity contribution in [3.8, 4) is 0 Å². The van der Waals surface area contributed by atoms with Crippen LogP contribution in [0.25, 0.3) is 0 Å². The molecule has 1 aliphatic heterocycles. The van der Waals surface area contributed by atoms with Crippen LogP contribution >= 0.6 is 12.6 Å². The lowest BCUT2D eigenvalue weighted by atomic mass is 10.0. The molecule has 2 amide bonds. The zero-order valence-corrected chi connectivity index (χ0v) is 19.3. The van der Waals surface area contributed by atoms with Crippen LogP contribution < -0.4 is 10.5 Å². The highest BCUT2D eigenvalue weighted by molar-refractivity contribution is 7.89. The van der Waals surface area contributed by atoms with E-state index in [-0.39, 0.29) is 23.9 Å². The molecule has 0 spiro atoms. The van der Waals surface area contributed by atoms with E-state index in [2.05, 4.69) is 17.9 Å². The molecule has 0 bridgehead atoms. The fourth-order valence-electron chi connectivity index (χ4n) is 3.91. The molecule has 3 rings (SSSR count). The number of likely N-dealkylation sites (tertiary alicyclic amines) is 1. The summed E-state index contributed by atoms with van der Waals surface area (Å²) in [5, 5.41) is 16.4. The molecule has 1 heterocycles. The van der Waals surface area contributed by atoms with Crippen LogP contribution in [-0.4, -0.2) is 54.0 Å². The van der Waals surface area contributed by atoms with Crippen molar-refractivity contribution in [3.63, 3.8) is 0 Å². The number of nitrogens with zero attached hydrogens (tertiary/aromatic N) is 1. The Bertz CT molecular complexity index is 1120. The number of thiol groups is 1. The Morgan fingerprint density at radius 2 is 1.73 bits per heavy atom. The summed E-state index contributed by atoms with van der Waals surface area (Å²) in [5.41, 5.74) is 1.51. The van der Waals surface area contributed by atoms with Gasteiger partial charge in [0.05, 0.1) is 22.7 Å². The Morgan fingerprint density at radius 3 is 2.30 bits per heavy atom. The maximum atomic E-state index is 12.9. The maximum Gasteiger partial charge on any atom is 0.326 e. The average Bonchev–Trinajstić information content (AvgIpc) is 3.23. The summed E-state index contributed by atoms with van der Waals surface area (Å²) in [6.07, 6.45) is 1.05. The molecule has 1 aliphatic rings. The number of hydrogen-bond donors (Lipinski definition) is 4. The van der Waals surface area contributed by atoms with Gasteiger partial charge in [0.2, 0.25) is 21.8 Å². The van der Waals surface area contributed by atoms with E-state index in [9.17, 15) is 27.9 Å². The lowest BCUT2D eigenvalue weighted by Crippen LogP contribution is -2.47. The topological polar surface area (TPSA) is 147 Å². The standard InChI is InChI=1S/C22H25N3O6S2/c23-33(30,31)16-8-6-14(7-9-16)12-19(32)21(27)24-13-20(26)25-17(10-11-18(25)22(28)29)15-4-2-1-3-5-15/h1-9,17-19,32H,10-13H2,(H,24,27)(H,28,29)(H2,23,30,31). The monoisotopic (exact) mass is 491 g/mol. The number of primary sulfonamides is 1. The molecule has 0 aliphatic carbocycles. The van der Waals surface area contributed by atoms with Gasteiger partial charge in [-0.2, -0.15) is 12.6 Å². The molecule has 0 saturated carbocycles. The first kappa shape index (κ1) is 24.7. The van der Waals surface area contributed by atoms with E-state index >= 15 is 0 Å². The summed E-state index contributed by atoms with van der Waals surface area (Å²) < 4.78 is 22.7. The second-order valence-corrected chi connectivity index (χ2v) is 9.97. The van der Waals surface area contributed by atoms with Gasteiger partial charge in [-0.15, -0.1) is 0 Å². The minimum atomic E-state index is -3.81. The predicted octanol–water partition coefficient (Wildman–Crippen LogP) is 1.11. The van der Waals surface area contributed by atoms with Crippen molar-refractivity contribution >= 4 is 40.4 Å². The number of carbonyl (C=O) groups excluding carboxylic acids is 2.